The minimum atomic E-state index is -4.55. The lowest BCUT2D eigenvalue weighted by Gasteiger charge is -2.24. The molecule has 0 unspecified atom stereocenters. The van der Waals surface area contributed by atoms with E-state index in [1.807, 2.05) is 0 Å². The van der Waals surface area contributed by atoms with Crippen LogP contribution < -0.4 is 4.90 Å². The summed E-state index contributed by atoms with van der Waals surface area (Å²) in [5.41, 5.74) is 1.27. The monoisotopic (exact) mass is 338 g/mol. The number of carbonyl (C=O) groups is 2. The number of nitrogens with one attached hydrogen (secondary N) is 1. The Balaban J connectivity index is 2.50. The predicted octanol–water partition coefficient (Wildman–Crippen LogP) is 4.04. The van der Waals surface area contributed by atoms with Gasteiger partial charge in [0.15, 0.2) is 5.78 Å². The highest BCUT2D eigenvalue weighted by molar-refractivity contribution is 6.09. The molecule has 1 amide bonds. The van der Waals surface area contributed by atoms with Crippen LogP contribution in [0.2, 0.25) is 0 Å². The Kier molecular flexibility index (Phi) is 4.82. The van der Waals surface area contributed by atoms with Gasteiger partial charge in [0.1, 0.15) is 12.2 Å². The van der Waals surface area contributed by atoms with Crippen molar-refractivity contribution in [3.8, 4) is 0 Å². The maximum absolute atomic E-state index is 12.9. The minimum absolute atomic E-state index is 0.00852. The molecule has 7 heteroatoms. The Morgan fingerprint density at radius 3 is 2.17 bits per heavy atom. The first-order valence-corrected chi connectivity index (χ1v) is 7.25. The fourth-order valence-electron chi connectivity index (χ4n) is 2.69. The van der Waals surface area contributed by atoms with Crippen LogP contribution in [0.5, 0.6) is 0 Å². The summed E-state index contributed by atoms with van der Waals surface area (Å²) < 4.78 is 38.8. The summed E-state index contributed by atoms with van der Waals surface area (Å²) in [7, 11) is 0. The molecule has 0 radical (unpaired) electrons. The zero-order valence-electron chi connectivity index (χ0n) is 13.5. The summed E-state index contributed by atoms with van der Waals surface area (Å²) in [5, 5.41) is 0. The number of Topliss-reactive ketones (excluding diaryl/α,β-unsaturated/α-hetero) is 1. The maximum atomic E-state index is 12.9. The number of ketones is 1. The van der Waals surface area contributed by atoms with Crippen molar-refractivity contribution in [1.82, 2.24) is 4.98 Å². The molecule has 0 saturated heterocycles. The first-order valence-electron chi connectivity index (χ1n) is 7.25. The molecule has 128 valence electrons. The highest BCUT2D eigenvalue weighted by atomic mass is 19.4. The number of alkyl halides is 3. The topological polar surface area (TPSA) is 53.2 Å². The lowest BCUT2D eigenvalue weighted by Crippen LogP contribution is -2.39. The summed E-state index contributed by atoms with van der Waals surface area (Å²) in [6, 6.07) is 7.62. The number of anilines is 1. The third kappa shape index (κ3) is 3.67. The van der Waals surface area contributed by atoms with Crippen LogP contribution in [0.3, 0.4) is 0 Å². The number of aromatic nitrogens is 1. The van der Waals surface area contributed by atoms with E-state index in [0.717, 1.165) is 0 Å². The van der Waals surface area contributed by atoms with E-state index in [-0.39, 0.29) is 17.2 Å². The zero-order chi connectivity index (χ0) is 18.1. The normalized spacial score (nSPS) is 11.4. The molecule has 1 aromatic carbocycles. The van der Waals surface area contributed by atoms with Crippen LogP contribution in [0.15, 0.2) is 30.3 Å². The van der Waals surface area contributed by atoms with E-state index in [2.05, 4.69) is 4.98 Å². The molecule has 0 aliphatic heterocycles. The molecule has 2 aromatic rings. The quantitative estimate of drug-likeness (QED) is 0.855. The molecule has 0 atom stereocenters. The molecule has 1 N–H and O–H groups in total. The number of aryl methyl sites for hydroxylation is 1. The van der Waals surface area contributed by atoms with Crippen molar-refractivity contribution in [3.05, 3.63) is 52.8 Å². The van der Waals surface area contributed by atoms with Gasteiger partial charge in [0.2, 0.25) is 0 Å². The van der Waals surface area contributed by atoms with E-state index < -0.39 is 18.6 Å². The van der Waals surface area contributed by atoms with Crippen LogP contribution in [0.1, 0.15) is 39.0 Å². The van der Waals surface area contributed by atoms with Gasteiger partial charge in [-0.15, -0.1) is 0 Å². The number of halogens is 3. The lowest BCUT2D eigenvalue weighted by molar-refractivity contribution is -0.118. The second-order valence-electron chi connectivity index (χ2n) is 5.52. The van der Waals surface area contributed by atoms with Gasteiger partial charge >= 0.3 is 6.18 Å². The summed E-state index contributed by atoms with van der Waals surface area (Å²) in [4.78, 5) is 27.8. The van der Waals surface area contributed by atoms with Gasteiger partial charge in [-0.3, -0.25) is 14.5 Å². The number of para-hydroxylation sites is 1. The van der Waals surface area contributed by atoms with Crippen molar-refractivity contribution in [2.45, 2.75) is 26.9 Å². The minimum Gasteiger partial charge on any atom is -0.354 e. The third-order valence-corrected chi connectivity index (χ3v) is 3.65. The van der Waals surface area contributed by atoms with Gasteiger partial charge in [0.05, 0.1) is 0 Å². The first-order chi connectivity index (χ1) is 11.1. The predicted molar refractivity (Wildman–Crippen MR) is 84.4 cm³/mol. The number of aromatic amines is 1. The zero-order valence-corrected chi connectivity index (χ0v) is 13.5. The average molecular weight is 338 g/mol. The lowest BCUT2D eigenvalue weighted by atomic mass is 10.1. The van der Waals surface area contributed by atoms with Crippen LogP contribution >= 0.6 is 0 Å². The van der Waals surface area contributed by atoms with Crippen LogP contribution in [0, 0.1) is 13.8 Å². The third-order valence-electron chi connectivity index (χ3n) is 3.65. The standard InChI is InChI=1S/C17H17F3N2O2/c1-10-14(12(3)23)11(2)21-15(10)16(24)22(9-17(18,19)20)13-7-5-4-6-8-13/h4-8,21H,9H2,1-3H3. The van der Waals surface area contributed by atoms with Crippen molar-refractivity contribution >= 4 is 17.4 Å². The van der Waals surface area contributed by atoms with E-state index in [9.17, 15) is 22.8 Å². The van der Waals surface area contributed by atoms with Gasteiger partial charge in [-0.25, -0.2) is 0 Å². The highest BCUT2D eigenvalue weighted by Crippen LogP contribution is 2.26. The second kappa shape index (κ2) is 6.51. The number of H-pyrrole nitrogens is 1. The van der Waals surface area contributed by atoms with Gasteiger partial charge in [0, 0.05) is 16.9 Å². The van der Waals surface area contributed by atoms with Crippen molar-refractivity contribution in [2.75, 3.05) is 11.4 Å². The van der Waals surface area contributed by atoms with E-state index in [0.29, 0.717) is 21.7 Å². The van der Waals surface area contributed by atoms with Crippen LogP contribution in [-0.4, -0.2) is 29.4 Å². The highest BCUT2D eigenvalue weighted by Gasteiger charge is 2.35. The molecule has 24 heavy (non-hydrogen) atoms. The molecular weight excluding hydrogens is 321 g/mol. The van der Waals surface area contributed by atoms with Gasteiger partial charge in [0.25, 0.3) is 5.91 Å². The number of hydrogen-bond acceptors (Lipinski definition) is 2. The molecule has 4 nitrogen and oxygen atoms in total. The number of benzene rings is 1. The molecule has 1 aromatic heterocycles. The largest absolute Gasteiger partial charge is 0.406 e. The molecule has 0 spiro atoms. The Hall–Kier alpha value is -2.57. The van der Waals surface area contributed by atoms with E-state index in [1.165, 1.54) is 19.1 Å². The Morgan fingerprint density at radius 2 is 1.71 bits per heavy atom. The Morgan fingerprint density at radius 1 is 1.12 bits per heavy atom. The smallest absolute Gasteiger partial charge is 0.354 e. The van der Waals surface area contributed by atoms with Crippen molar-refractivity contribution in [3.63, 3.8) is 0 Å². The van der Waals surface area contributed by atoms with Crippen molar-refractivity contribution in [2.24, 2.45) is 0 Å². The number of nitrogens with zero attached hydrogens (tertiary/aromatic N) is 1. The van der Waals surface area contributed by atoms with Crippen LogP contribution in [0.25, 0.3) is 0 Å². The van der Waals surface area contributed by atoms with Crippen molar-refractivity contribution in [1.29, 1.82) is 0 Å². The number of rotatable bonds is 4. The maximum Gasteiger partial charge on any atom is 0.406 e. The Bertz CT molecular complexity index is 764. The van der Waals surface area contributed by atoms with Crippen LogP contribution in [0.4, 0.5) is 18.9 Å². The van der Waals surface area contributed by atoms with E-state index >= 15 is 0 Å². The summed E-state index contributed by atoms with van der Waals surface area (Å²) in [6.45, 7) is 3.09. The molecule has 0 fully saturated rings. The average Bonchev–Trinajstić information content (AvgIpc) is 2.79. The molecule has 2 rings (SSSR count). The van der Waals surface area contributed by atoms with Gasteiger partial charge in [-0.2, -0.15) is 13.2 Å². The molecular formula is C17H17F3N2O2. The second-order valence-corrected chi connectivity index (χ2v) is 5.52. The number of hydrogen-bond donors (Lipinski definition) is 1. The van der Waals surface area contributed by atoms with Crippen LogP contribution in [-0.2, 0) is 0 Å². The first kappa shape index (κ1) is 17.8. The number of amides is 1. The SMILES string of the molecule is CC(=O)c1c(C)[nH]c(C(=O)N(CC(F)(F)F)c2ccccc2)c1C. The fourth-order valence-corrected chi connectivity index (χ4v) is 2.69. The fraction of sp³-hybridized carbons (Fsp3) is 0.294. The van der Waals surface area contributed by atoms with E-state index in [1.54, 1.807) is 32.0 Å². The molecule has 0 saturated carbocycles. The summed E-state index contributed by atoms with van der Waals surface area (Å²) in [5.74, 6) is -1.07. The van der Waals surface area contributed by atoms with Gasteiger partial charge < -0.3 is 4.98 Å². The van der Waals surface area contributed by atoms with Crippen molar-refractivity contribution < 1.29 is 22.8 Å². The van der Waals surface area contributed by atoms with Gasteiger partial charge in [-0.05, 0) is 38.5 Å². The summed E-state index contributed by atoms with van der Waals surface area (Å²) >= 11 is 0. The molecule has 0 aliphatic carbocycles. The Labute approximate surface area is 137 Å². The van der Waals surface area contributed by atoms with E-state index in [4.69, 9.17) is 0 Å². The number of carbonyl (C=O) groups excluding carboxylic acids is 2. The molecule has 0 aliphatic rings. The van der Waals surface area contributed by atoms with Gasteiger partial charge in [-0.1, -0.05) is 18.2 Å². The molecule has 0 bridgehead atoms. The summed E-state index contributed by atoms with van der Waals surface area (Å²) in [6.07, 6.45) is -4.55. The molecule has 1 heterocycles.